The molecule has 3 rings (SSSR count). The van der Waals surface area contributed by atoms with E-state index in [1.54, 1.807) is 20.4 Å². The molecule has 5 heteroatoms. The molecular weight excluding hydrogens is 262 g/mol. The standard InChI is InChI=1S/C14H13NO3S/c1-17-12-10-6-8(7-16)19-14(10)13(18-2)9-4-3-5-15-11(9)12/h3-6,16H,7H2,1-2H3. The molecule has 0 saturated heterocycles. The second kappa shape index (κ2) is 4.68. The second-order valence-electron chi connectivity index (χ2n) is 4.08. The molecule has 0 saturated carbocycles. The molecule has 0 radical (unpaired) electrons. The molecule has 0 fully saturated rings. The van der Waals surface area contributed by atoms with E-state index in [1.807, 2.05) is 18.2 Å². The van der Waals surface area contributed by atoms with E-state index in [9.17, 15) is 5.11 Å². The van der Waals surface area contributed by atoms with Crippen molar-refractivity contribution >= 4 is 32.3 Å². The Bertz CT molecular complexity index is 691. The van der Waals surface area contributed by atoms with Gasteiger partial charge in [0.2, 0.25) is 0 Å². The Morgan fingerprint density at radius 2 is 2.00 bits per heavy atom. The van der Waals surface area contributed by atoms with Crippen molar-refractivity contribution in [1.29, 1.82) is 0 Å². The number of methoxy groups -OCH3 is 2. The highest BCUT2D eigenvalue weighted by atomic mass is 32.1. The van der Waals surface area contributed by atoms with Gasteiger partial charge in [0, 0.05) is 21.8 Å². The number of ether oxygens (including phenoxy) is 2. The van der Waals surface area contributed by atoms with Crippen molar-refractivity contribution in [1.82, 2.24) is 4.98 Å². The number of aromatic nitrogens is 1. The summed E-state index contributed by atoms with van der Waals surface area (Å²) in [5.74, 6) is 1.51. The van der Waals surface area contributed by atoms with Gasteiger partial charge in [0.15, 0.2) is 5.75 Å². The molecule has 0 atom stereocenters. The lowest BCUT2D eigenvalue weighted by Crippen LogP contribution is -1.92. The Hall–Kier alpha value is -1.85. The van der Waals surface area contributed by atoms with Gasteiger partial charge in [-0.05, 0) is 18.2 Å². The lowest BCUT2D eigenvalue weighted by atomic mass is 10.1. The van der Waals surface area contributed by atoms with Crippen LogP contribution in [0.4, 0.5) is 0 Å². The van der Waals surface area contributed by atoms with Crippen molar-refractivity contribution in [2.75, 3.05) is 14.2 Å². The number of benzene rings is 1. The number of thiophene rings is 1. The lowest BCUT2D eigenvalue weighted by molar-refractivity contribution is 0.285. The van der Waals surface area contributed by atoms with E-state index in [-0.39, 0.29) is 6.61 Å². The summed E-state index contributed by atoms with van der Waals surface area (Å²) in [5, 5.41) is 11.2. The first-order valence-electron chi connectivity index (χ1n) is 5.82. The van der Waals surface area contributed by atoms with Crippen LogP contribution < -0.4 is 9.47 Å². The molecule has 1 N–H and O–H groups in total. The van der Waals surface area contributed by atoms with Crippen molar-refractivity contribution < 1.29 is 14.6 Å². The van der Waals surface area contributed by atoms with Gasteiger partial charge in [0.05, 0.1) is 25.5 Å². The number of pyridine rings is 1. The topological polar surface area (TPSA) is 51.6 Å². The predicted octanol–water partition coefficient (Wildman–Crippen LogP) is 2.96. The van der Waals surface area contributed by atoms with Crippen LogP contribution in [0.3, 0.4) is 0 Å². The maximum Gasteiger partial charge on any atom is 0.154 e. The quantitative estimate of drug-likeness (QED) is 0.798. The third-order valence-corrected chi connectivity index (χ3v) is 4.18. The fourth-order valence-corrected chi connectivity index (χ4v) is 3.34. The van der Waals surface area contributed by atoms with Crippen LogP contribution >= 0.6 is 11.3 Å². The molecule has 19 heavy (non-hydrogen) atoms. The molecule has 0 aliphatic heterocycles. The minimum absolute atomic E-state index is 0.00935. The Labute approximate surface area is 114 Å². The largest absolute Gasteiger partial charge is 0.495 e. The Balaban J connectivity index is 2.54. The molecule has 98 valence electrons. The van der Waals surface area contributed by atoms with Crippen LogP contribution in [0.15, 0.2) is 24.4 Å². The smallest absolute Gasteiger partial charge is 0.154 e. The van der Waals surface area contributed by atoms with Gasteiger partial charge in [-0.3, -0.25) is 4.98 Å². The Morgan fingerprint density at radius 1 is 1.21 bits per heavy atom. The van der Waals surface area contributed by atoms with E-state index < -0.39 is 0 Å². The van der Waals surface area contributed by atoms with Gasteiger partial charge >= 0.3 is 0 Å². The van der Waals surface area contributed by atoms with Crippen LogP contribution in [0.25, 0.3) is 21.0 Å². The molecule has 0 unspecified atom stereocenters. The molecule has 2 aromatic heterocycles. The van der Waals surface area contributed by atoms with Gasteiger partial charge in [-0.25, -0.2) is 0 Å². The zero-order valence-electron chi connectivity index (χ0n) is 10.6. The second-order valence-corrected chi connectivity index (χ2v) is 5.22. The molecule has 0 amide bonds. The monoisotopic (exact) mass is 275 g/mol. The van der Waals surface area contributed by atoms with E-state index in [1.165, 1.54) is 11.3 Å². The van der Waals surface area contributed by atoms with Crippen molar-refractivity contribution in [3.63, 3.8) is 0 Å². The number of aliphatic hydroxyl groups is 1. The third-order valence-electron chi connectivity index (χ3n) is 3.07. The van der Waals surface area contributed by atoms with Gasteiger partial charge in [0.25, 0.3) is 0 Å². The number of hydrogen-bond acceptors (Lipinski definition) is 5. The van der Waals surface area contributed by atoms with Gasteiger partial charge in [0.1, 0.15) is 11.3 Å². The Morgan fingerprint density at radius 3 is 2.68 bits per heavy atom. The van der Waals surface area contributed by atoms with Crippen molar-refractivity contribution in [2.24, 2.45) is 0 Å². The van der Waals surface area contributed by atoms with Crippen LogP contribution in [0.1, 0.15) is 4.88 Å². The molecule has 2 heterocycles. The highest BCUT2D eigenvalue weighted by molar-refractivity contribution is 7.19. The van der Waals surface area contributed by atoms with E-state index >= 15 is 0 Å². The highest BCUT2D eigenvalue weighted by Gasteiger charge is 2.18. The summed E-state index contributed by atoms with van der Waals surface area (Å²) in [4.78, 5) is 5.26. The first-order valence-corrected chi connectivity index (χ1v) is 6.63. The summed E-state index contributed by atoms with van der Waals surface area (Å²) in [6.07, 6.45) is 1.73. The predicted molar refractivity (Wildman–Crippen MR) is 76.2 cm³/mol. The minimum atomic E-state index is 0.00935. The zero-order chi connectivity index (χ0) is 13.4. The van der Waals surface area contributed by atoms with Crippen LogP contribution in [-0.2, 0) is 6.61 Å². The van der Waals surface area contributed by atoms with Crippen molar-refractivity contribution in [3.8, 4) is 11.5 Å². The molecule has 0 bridgehead atoms. The number of hydrogen-bond donors (Lipinski definition) is 1. The summed E-state index contributed by atoms with van der Waals surface area (Å²) in [6.45, 7) is 0.00935. The van der Waals surface area contributed by atoms with Crippen LogP contribution in [-0.4, -0.2) is 24.3 Å². The average Bonchev–Trinajstić information content (AvgIpc) is 2.88. The van der Waals surface area contributed by atoms with E-state index in [0.29, 0.717) is 0 Å². The van der Waals surface area contributed by atoms with Gasteiger partial charge in [-0.15, -0.1) is 11.3 Å². The lowest BCUT2D eigenvalue weighted by Gasteiger charge is -2.10. The maximum absolute atomic E-state index is 9.32. The third kappa shape index (κ3) is 1.74. The first kappa shape index (κ1) is 12.2. The zero-order valence-corrected chi connectivity index (χ0v) is 11.5. The molecule has 0 aliphatic rings. The van der Waals surface area contributed by atoms with E-state index in [0.717, 1.165) is 37.4 Å². The first-order chi connectivity index (χ1) is 9.30. The molecule has 3 aromatic rings. The number of nitrogens with zero attached hydrogens (tertiary/aromatic N) is 1. The van der Waals surface area contributed by atoms with Gasteiger partial charge in [-0.1, -0.05) is 0 Å². The molecule has 1 aromatic carbocycles. The SMILES string of the molecule is COc1c2cc(CO)sc2c(OC)c2cccnc12. The van der Waals surface area contributed by atoms with Gasteiger partial charge in [-0.2, -0.15) is 0 Å². The summed E-state index contributed by atoms with van der Waals surface area (Å²) in [7, 11) is 3.28. The summed E-state index contributed by atoms with van der Waals surface area (Å²) < 4.78 is 12.0. The normalized spacial score (nSPS) is 11.1. The van der Waals surface area contributed by atoms with E-state index in [4.69, 9.17) is 9.47 Å². The molecule has 0 aliphatic carbocycles. The van der Waals surface area contributed by atoms with E-state index in [2.05, 4.69) is 4.98 Å². The number of rotatable bonds is 3. The van der Waals surface area contributed by atoms with Crippen LogP contribution in [0.2, 0.25) is 0 Å². The van der Waals surface area contributed by atoms with Crippen LogP contribution in [0.5, 0.6) is 11.5 Å². The summed E-state index contributed by atoms with van der Waals surface area (Å²) in [6, 6.07) is 5.76. The van der Waals surface area contributed by atoms with Crippen LogP contribution in [0, 0.1) is 0 Å². The average molecular weight is 275 g/mol. The molecular formula is C14H13NO3S. The summed E-state index contributed by atoms with van der Waals surface area (Å²) >= 11 is 1.51. The summed E-state index contributed by atoms with van der Waals surface area (Å²) in [5.41, 5.74) is 0.775. The Kier molecular flexibility index (Phi) is 3.00. The molecule has 0 spiro atoms. The molecule has 4 nitrogen and oxygen atoms in total. The van der Waals surface area contributed by atoms with Crippen molar-refractivity contribution in [3.05, 3.63) is 29.3 Å². The van der Waals surface area contributed by atoms with Gasteiger partial charge < -0.3 is 14.6 Å². The highest BCUT2D eigenvalue weighted by Crippen LogP contribution is 2.45. The number of aliphatic hydroxyl groups excluding tert-OH is 1. The van der Waals surface area contributed by atoms with Crippen molar-refractivity contribution in [2.45, 2.75) is 6.61 Å². The maximum atomic E-state index is 9.32. The number of fused-ring (bicyclic) bond motifs is 2. The fraction of sp³-hybridized carbons (Fsp3) is 0.214. The minimum Gasteiger partial charge on any atom is -0.495 e. The fourth-order valence-electron chi connectivity index (χ4n) is 2.29.